The molecular formula is C12H20F2O3. The highest BCUT2D eigenvalue weighted by Gasteiger charge is 2.20. The molecule has 17 heavy (non-hydrogen) atoms. The van der Waals surface area contributed by atoms with Crippen molar-refractivity contribution in [2.75, 3.05) is 13.7 Å². The van der Waals surface area contributed by atoms with Gasteiger partial charge in [0.2, 0.25) is 0 Å². The molecule has 3 nitrogen and oxygen atoms in total. The van der Waals surface area contributed by atoms with Crippen molar-refractivity contribution in [3.63, 3.8) is 0 Å². The first-order chi connectivity index (χ1) is 7.90. The van der Waals surface area contributed by atoms with Crippen LogP contribution in [0.1, 0.15) is 26.2 Å². The van der Waals surface area contributed by atoms with Gasteiger partial charge >= 0.3 is 0 Å². The van der Waals surface area contributed by atoms with Crippen LogP contribution in [0.25, 0.3) is 0 Å². The molecule has 0 fully saturated rings. The second-order valence-corrected chi connectivity index (χ2v) is 3.98. The topological polar surface area (TPSA) is 49.7 Å². The van der Waals surface area contributed by atoms with Gasteiger partial charge in [0.1, 0.15) is 5.83 Å². The van der Waals surface area contributed by atoms with Crippen LogP contribution in [0.2, 0.25) is 0 Å². The summed E-state index contributed by atoms with van der Waals surface area (Å²) in [4.78, 5) is 0. The molecule has 0 aliphatic heterocycles. The molecule has 0 saturated heterocycles. The normalized spacial score (nSPS) is 14.8. The number of aliphatic hydroxyl groups is 2. The summed E-state index contributed by atoms with van der Waals surface area (Å²) in [7, 11) is 1.47. The summed E-state index contributed by atoms with van der Waals surface area (Å²) in [5.74, 6) is -2.57. The summed E-state index contributed by atoms with van der Waals surface area (Å²) in [5.41, 5.74) is 0.0227. The van der Waals surface area contributed by atoms with E-state index in [0.717, 1.165) is 0 Å². The smallest absolute Gasteiger partial charge is 0.157 e. The second-order valence-electron chi connectivity index (χ2n) is 3.98. The van der Waals surface area contributed by atoms with E-state index in [-0.39, 0.29) is 31.4 Å². The van der Waals surface area contributed by atoms with Crippen molar-refractivity contribution < 1.29 is 23.7 Å². The Balaban J connectivity index is 4.65. The molecule has 0 heterocycles. The van der Waals surface area contributed by atoms with E-state index in [2.05, 4.69) is 6.58 Å². The minimum absolute atomic E-state index is 0.00866. The van der Waals surface area contributed by atoms with Crippen LogP contribution in [0.4, 0.5) is 8.78 Å². The van der Waals surface area contributed by atoms with Crippen molar-refractivity contribution in [3.8, 4) is 0 Å². The average Bonchev–Trinajstić information content (AvgIpc) is 2.27. The lowest BCUT2D eigenvalue weighted by Gasteiger charge is -2.16. The molecule has 0 aliphatic carbocycles. The predicted octanol–water partition coefficient (Wildman–Crippen LogP) is 2.46. The molecule has 0 aliphatic rings. The Hall–Kier alpha value is -0.780. The summed E-state index contributed by atoms with van der Waals surface area (Å²) in [5, 5.41) is 17.5. The largest absolute Gasteiger partial charge is 0.385 e. The zero-order chi connectivity index (χ0) is 13.4. The van der Waals surface area contributed by atoms with Crippen molar-refractivity contribution in [2.24, 2.45) is 5.92 Å². The molecule has 0 aromatic carbocycles. The fourth-order valence-corrected chi connectivity index (χ4v) is 1.39. The van der Waals surface area contributed by atoms with E-state index in [0.29, 0.717) is 0 Å². The van der Waals surface area contributed by atoms with Crippen LogP contribution < -0.4 is 0 Å². The van der Waals surface area contributed by atoms with Gasteiger partial charge in [-0.15, -0.1) is 0 Å². The number of allylic oxidation sites excluding steroid dienone is 3. The number of hydrogen-bond acceptors (Lipinski definition) is 3. The fraction of sp³-hybridized carbons (Fsp3) is 0.667. The van der Waals surface area contributed by atoms with E-state index in [9.17, 15) is 8.78 Å². The highest BCUT2D eigenvalue weighted by atomic mass is 19.2. The van der Waals surface area contributed by atoms with E-state index in [1.807, 2.05) is 0 Å². The van der Waals surface area contributed by atoms with Gasteiger partial charge in [-0.1, -0.05) is 6.58 Å². The van der Waals surface area contributed by atoms with Crippen LogP contribution >= 0.6 is 0 Å². The Morgan fingerprint density at radius 2 is 1.82 bits per heavy atom. The van der Waals surface area contributed by atoms with Crippen molar-refractivity contribution in [1.82, 2.24) is 0 Å². The van der Waals surface area contributed by atoms with Crippen LogP contribution in [0.5, 0.6) is 0 Å². The quantitative estimate of drug-likeness (QED) is 0.514. The molecule has 5 heteroatoms. The summed E-state index contributed by atoms with van der Waals surface area (Å²) < 4.78 is 31.9. The summed E-state index contributed by atoms with van der Waals surface area (Å²) in [6.45, 7) is 4.99. The molecular weight excluding hydrogens is 230 g/mol. The first-order valence-electron chi connectivity index (χ1n) is 5.46. The van der Waals surface area contributed by atoms with Crippen molar-refractivity contribution in [1.29, 1.82) is 0 Å². The number of hydrogen-bond donors (Lipinski definition) is 2. The van der Waals surface area contributed by atoms with Crippen molar-refractivity contribution >= 4 is 0 Å². The molecule has 0 bridgehead atoms. The Labute approximate surface area is 100 Å². The molecule has 0 aromatic rings. The first-order valence-corrected chi connectivity index (χ1v) is 5.46. The van der Waals surface area contributed by atoms with E-state index in [4.69, 9.17) is 14.9 Å². The van der Waals surface area contributed by atoms with Gasteiger partial charge in [-0.2, -0.15) is 0 Å². The molecule has 1 atom stereocenters. The second kappa shape index (κ2) is 8.33. The highest BCUT2D eigenvalue weighted by Crippen LogP contribution is 2.29. The number of rotatable bonds is 8. The van der Waals surface area contributed by atoms with E-state index < -0.39 is 23.9 Å². The third-order valence-corrected chi connectivity index (χ3v) is 2.39. The summed E-state index contributed by atoms with van der Waals surface area (Å²) in [6.07, 6.45) is -1.09. The Kier molecular flexibility index (Phi) is 7.95. The zero-order valence-electron chi connectivity index (χ0n) is 10.2. The molecule has 0 saturated carbocycles. The molecule has 0 rings (SSSR count). The van der Waals surface area contributed by atoms with Gasteiger partial charge in [-0.3, -0.25) is 0 Å². The van der Waals surface area contributed by atoms with Gasteiger partial charge in [0, 0.05) is 19.6 Å². The monoisotopic (exact) mass is 250 g/mol. The van der Waals surface area contributed by atoms with Crippen LogP contribution in [0.3, 0.4) is 0 Å². The van der Waals surface area contributed by atoms with Crippen molar-refractivity contribution in [2.45, 2.75) is 32.5 Å². The molecule has 1 unspecified atom stereocenters. The van der Waals surface area contributed by atoms with Crippen LogP contribution in [0, 0.1) is 5.92 Å². The van der Waals surface area contributed by atoms with Gasteiger partial charge in [-0.25, -0.2) is 8.78 Å². The van der Waals surface area contributed by atoms with Gasteiger partial charge in [0.15, 0.2) is 12.1 Å². The molecule has 0 aromatic heterocycles. The zero-order valence-corrected chi connectivity index (χ0v) is 10.2. The van der Waals surface area contributed by atoms with E-state index >= 15 is 0 Å². The van der Waals surface area contributed by atoms with Gasteiger partial charge in [-0.05, 0) is 31.8 Å². The van der Waals surface area contributed by atoms with E-state index in [1.165, 1.54) is 14.0 Å². The number of aliphatic hydroxyl groups excluding tert-OH is 1. The van der Waals surface area contributed by atoms with Crippen LogP contribution in [-0.4, -0.2) is 30.2 Å². The SMILES string of the molecule is C=C(C)/C(F)=C(/F)C(CCOC)CCC(O)O. The molecule has 0 spiro atoms. The lowest BCUT2D eigenvalue weighted by Crippen LogP contribution is -2.12. The third-order valence-electron chi connectivity index (χ3n) is 2.39. The first kappa shape index (κ1) is 16.2. The molecule has 0 radical (unpaired) electrons. The average molecular weight is 250 g/mol. The third kappa shape index (κ3) is 6.51. The molecule has 2 N–H and O–H groups in total. The van der Waals surface area contributed by atoms with Crippen LogP contribution in [0.15, 0.2) is 23.8 Å². The number of ether oxygens (including phenoxy) is 1. The standard InChI is InChI=1S/C12H20F2O3/c1-8(2)11(13)12(14)9(6-7-17-3)4-5-10(15)16/h9-10,15-16H,1,4-7H2,2-3H3/b12-11-. The maximum Gasteiger partial charge on any atom is 0.157 e. The Morgan fingerprint density at radius 1 is 1.24 bits per heavy atom. The maximum absolute atomic E-state index is 13.7. The van der Waals surface area contributed by atoms with Crippen LogP contribution in [-0.2, 0) is 4.74 Å². The lowest BCUT2D eigenvalue weighted by atomic mass is 9.96. The van der Waals surface area contributed by atoms with E-state index in [1.54, 1.807) is 0 Å². The highest BCUT2D eigenvalue weighted by molar-refractivity contribution is 5.23. The van der Waals surface area contributed by atoms with Gasteiger partial charge < -0.3 is 14.9 Å². The summed E-state index contributed by atoms with van der Waals surface area (Å²) >= 11 is 0. The maximum atomic E-state index is 13.7. The van der Waals surface area contributed by atoms with Crippen molar-refractivity contribution in [3.05, 3.63) is 23.8 Å². The molecule has 0 amide bonds. The fourth-order valence-electron chi connectivity index (χ4n) is 1.39. The number of methoxy groups -OCH3 is 1. The van der Waals surface area contributed by atoms with Gasteiger partial charge in [0.25, 0.3) is 0 Å². The number of halogens is 2. The minimum atomic E-state index is -1.51. The Bertz CT molecular complexity index is 275. The molecule has 100 valence electrons. The van der Waals surface area contributed by atoms with Gasteiger partial charge in [0.05, 0.1) is 0 Å². The Morgan fingerprint density at radius 3 is 2.24 bits per heavy atom. The summed E-state index contributed by atoms with van der Waals surface area (Å²) in [6, 6.07) is 0. The lowest BCUT2D eigenvalue weighted by molar-refractivity contribution is -0.0490. The minimum Gasteiger partial charge on any atom is -0.385 e. The predicted molar refractivity (Wildman–Crippen MR) is 61.5 cm³/mol.